The molecular weight excluding hydrogens is 380 g/mol. The molecule has 3 aromatic carbocycles. The van der Waals surface area contributed by atoms with Crippen molar-refractivity contribution in [3.05, 3.63) is 77.9 Å². The topological polar surface area (TPSA) is 66.6 Å². The molecule has 152 valence electrons. The summed E-state index contributed by atoms with van der Waals surface area (Å²) in [5.41, 5.74) is 3.83. The fourth-order valence-corrected chi connectivity index (χ4v) is 3.08. The summed E-state index contributed by atoms with van der Waals surface area (Å²) in [6, 6.07) is 21.2. The number of rotatable bonds is 7. The molecule has 0 atom stereocenters. The lowest BCUT2D eigenvalue weighted by Crippen LogP contribution is -1.97. The number of aryl methyl sites for hydroxylation is 1. The standard InChI is InChI=1S/C24H22N2O4/c1-16-6-4-5-7-22(16)24-25-23(26-30-24)18-8-10-19(11-9-18)29-15-17-12-20(27-2)14-21(13-17)28-3/h4-14H,15H2,1-3H3. The zero-order chi connectivity index (χ0) is 20.9. The van der Waals surface area contributed by atoms with Gasteiger partial charge < -0.3 is 18.7 Å². The smallest absolute Gasteiger partial charge is 0.258 e. The maximum Gasteiger partial charge on any atom is 0.258 e. The van der Waals surface area contributed by atoms with Crippen LogP contribution in [0.2, 0.25) is 0 Å². The van der Waals surface area contributed by atoms with Gasteiger partial charge in [-0.1, -0.05) is 23.4 Å². The van der Waals surface area contributed by atoms with Crippen molar-refractivity contribution in [1.29, 1.82) is 0 Å². The van der Waals surface area contributed by atoms with E-state index >= 15 is 0 Å². The van der Waals surface area contributed by atoms with Crippen LogP contribution in [0.15, 0.2) is 71.3 Å². The first-order chi connectivity index (χ1) is 14.7. The van der Waals surface area contributed by atoms with E-state index in [0.29, 0.717) is 18.3 Å². The normalized spacial score (nSPS) is 10.6. The highest BCUT2D eigenvalue weighted by Crippen LogP contribution is 2.27. The molecule has 1 aromatic heterocycles. The zero-order valence-corrected chi connectivity index (χ0v) is 17.1. The van der Waals surface area contributed by atoms with Gasteiger partial charge in [0.25, 0.3) is 5.89 Å². The van der Waals surface area contributed by atoms with Gasteiger partial charge in [-0.15, -0.1) is 0 Å². The average Bonchev–Trinajstić information content (AvgIpc) is 3.28. The molecule has 0 amide bonds. The first kappa shape index (κ1) is 19.5. The fourth-order valence-electron chi connectivity index (χ4n) is 3.08. The van der Waals surface area contributed by atoms with Gasteiger partial charge in [0.1, 0.15) is 23.9 Å². The minimum atomic E-state index is 0.395. The molecule has 1 heterocycles. The van der Waals surface area contributed by atoms with Gasteiger partial charge in [-0.2, -0.15) is 4.98 Å². The van der Waals surface area contributed by atoms with Crippen LogP contribution in [0.4, 0.5) is 0 Å². The van der Waals surface area contributed by atoms with Gasteiger partial charge in [-0.3, -0.25) is 0 Å². The number of aromatic nitrogens is 2. The van der Waals surface area contributed by atoms with E-state index in [4.69, 9.17) is 18.7 Å². The largest absolute Gasteiger partial charge is 0.497 e. The first-order valence-electron chi connectivity index (χ1n) is 9.51. The van der Waals surface area contributed by atoms with Crippen LogP contribution in [0.25, 0.3) is 22.8 Å². The number of benzene rings is 3. The molecule has 0 radical (unpaired) electrons. The highest BCUT2D eigenvalue weighted by molar-refractivity contribution is 5.62. The summed E-state index contributed by atoms with van der Waals surface area (Å²) >= 11 is 0. The Hall–Kier alpha value is -3.80. The second kappa shape index (κ2) is 8.69. The second-order valence-electron chi connectivity index (χ2n) is 6.77. The predicted molar refractivity (Wildman–Crippen MR) is 114 cm³/mol. The van der Waals surface area contributed by atoms with Crippen LogP contribution in [-0.2, 0) is 6.61 Å². The lowest BCUT2D eigenvalue weighted by atomic mass is 10.1. The van der Waals surface area contributed by atoms with Gasteiger partial charge in [0, 0.05) is 17.2 Å². The van der Waals surface area contributed by atoms with Crippen molar-refractivity contribution in [2.75, 3.05) is 14.2 Å². The van der Waals surface area contributed by atoms with Crippen molar-refractivity contribution in [3.8, 4) is 40.1 Å². The van der Waals surface area contributed by atoms with Crippen molar-refractivity contribution >= 4 is 0 Å². The third kappa shape index (κ3) is 4.27. The number of methoxy groups -OCH3 is 2. The van der Waals surface area contributed by atoms with Crippen molar-refractivity contribution in [3.63, 3.8) is 0 Å². The van der Waals surface area contributed by atoms with Crippen LogP contribution >= 0.6 is 0 Å². The van der Waals surface area contributed by atoms with E-state index in [9.17, 15) is 0 Å². The number of hydrogen-bond acceptors (Lipinski definition) is 6. The Kier molecular flexibility index (Phi) is 5.66. The summed E-state index contributed by atoms with van der Waals surface area (Å²) in [4.78, 5) is 4.53. The lowest BCUT2D eigenvalue weighted by molar-refractivity contribution is 0.304. The highest BCUT2D eigenvalue weighted by atomic mass is 16.5. The van der Waals surface area contributed by atoms with E-state index in [1.807, 2.05) is 73.7 Å². The third-order valence-corrected chi connectivity index (χ3v) is 4.73. The Labute approximate surface area is 175 Å². The molecule has 0 aliphatic carbocycles. The predicted octanol–water partition coefficient (Wildman–Crippen LogP) is 5.31. The molecule has 4 rings (SSSR count). The Morgan fingerprint density at radius 3 is 2.20 bits per heavy atom. The monoisotopic (exact) mass is 402 g/mol. The summed E-state index contributed by atoms with van der Waals surface area (Å²) in [7, 11) is 3.25. The molecule has 0 saturated carbocycles. The molecule has 0 aliphatic rings. The molecule has 0 saturated heterocycles. The first-order valence-corrected chi connectivity index (χ1v) is 9.51. The van der Waals surface area contributed by atoms with E-state index in [0.717, 1.165) is 39.5 Å². The Balaban J connectivity index is 1.46. The van der Waals surface area contributed by atoms with Crippen LogP contribution in [0.5, 0.6) is 17.2 Å². The van der Waals surface area contributed by atoms with Crippen molar-refractivity contribution in [2.45, 2.75) is 13.5 Å². The minimum absolute atomic E-state index is 0.395. The Morgan fingerprint density at radius 1 is 0.833 bits per heavy atom. The van der Waals surface area contributed by atoms with Crippen LogP contribution in [0, 0.1) is 6.92 Å². The summed E-state index contributed by atoms with van der Waals surface area (Å²) in [5.74, 6) is 3.24. The summed E-state index contributed by atoms with van der Waals surface area (Å²) in [5, 5.41) is 4.11. The molecule has 0 N–H and O–H groups in total. The zero-order valence-electron chi connectivity index (χ0n) is 17.1. The van der Waals surface area contributed by atoms with Gasteiger partial charge >= 0.3 is 0 Å². The van der Waals surface area contributed by atoms with Crippen LogP contribution in [0.3, 0.4) is 0 Å². The summed E-state index contributed by atoms with van der Waals surface area (Å²) in [6.45, 7) is 2.41. The van der Waals surface area contributed by atoms with Gasteiger partial charge in [0.15, 0.2) is 0 Å². The Morgan fingerprint density at radius 2 is 1.53 bits per heavy atom. The number of nitrogens with zero attached hydrogens (tertiary/aromatic N) is 2. The van der Waals surface area contributed by atoms with Crippen LogP contribution in [0.1, 0.15) is 11.1 Å². The van der Waals surface area contributed by atoms with Crippen molar-refractivity contribution in [2.24, 2.45) is 0 Å². The second-order valence-corrected chi connectivity index (χ2v) is 6.77. The average molecular weight is 402 g/mol. The van der Waals surface area contributed by atoms with Gasteiger partial charge in [0.05, 0.1) is 14.2 Å². The number of hydrogen-bond donors (Lipinski definition) is 0. The van der Waals surface area contributed by atoms with E-state index < -0.39 is 0 Å². The quantitative estimate of drug-likeness (QED) is 0.417. The summed E-state index contributed by atoms with van der Waals surface area (Å²) in [6.07, 6.45) is 0. The molecule has 0 unspecified atom stereocenters. The van der Waals surface area contributed by atoms with Crippen molar-refractivity contribution in [1.82, 2.24) is 10.1 Å². The fraction of sp³-hybridized carbons (Fsp3) is 0.167. The van der Waals surface area contributed by atoms with E-state index in [1.54, 1.807) is 14.2 Å². The lowest BCUT2D eigenvalue weighted by Gasteiger charge is -2.10. The van der Waals surface area contributed by atoms with E-state index in [1.165, 1.54) is 0 Å². The minimum Gasteiger partial charge on any atom is -0.497 e. The molecule has 30 heavy (non-hydrogen) atoms. The summed E-state index contributed by atoms with van der Waals surface area (Å²) < 4.78 is 21.9. The maximum absolute atomic E-state index is 5.90. The van der Waals surface area contributed by atoms with Gasteiger partial charge in [0.2, 0.25) is 5.82 Å². The number of ether oxygens (including phenoxy) is 3. The van der Waals surface area contributed by atoms with Gasteiger partial charge in [-0.25, -0.2) is 0 Å². The van der Waals surface area contributed by atoms with Crippen molar-refractivity contribution < 1.29 is 18.7 Å². The maximum atomic E-state index is 5.90. The SMILES string of the molecule is COc1cc(COc2ccc(-c3noc(-c4ccccc4C)n3)cc2)cc(OC)c1. The highest BCUT2D eigenvalue weighted by Gasteiger charge is 2.12. The molecule has 4 aromatic rings. The molecule has 0 fully saturated rings. The Bertz CT molecular complexity index is 1110. The van der Waals surface area contributed by atoms with Crippen LogP contribution in [-0.4, -0.2) is 24.4 Å². The molecule has 0 bridgehead atoms. The molecule has 0 aliphatic heterocycles. The molecular formula is C24H22N2O4. The third-order valence-electron chi connectivity index (χ3n) is 4.73. The van der Waals surface area contributed by atoms with Crippen LogP contribution < -0.4 is 14.2 Å². The molecule has 6 heteroatoms. The molecule has 0 spiro atoms. The molecule has 6 nitrogen and oxygen atoms in total. The van der Waals surface area contributed by atoms with E-state index in [-0.39, 0.29) is 0 Å². The van der Waals surface area contributed by atoms with Gasteiger partial charge in [-0.05, 0) is 60.5 Å². The van der Waals surface area contributed by atoms with E-state index in [2.05, 4.69) is 10.1 Å².